The summed E-state index contributed by atoms with van der Waals surface area (Å²) in [7, 11) is 0. The molecular formula is C11H18N2O. The molecule has 1 N–H and O–H groups in total. The smallest absolute Gasteiger partial charge is 0.218 e. The van der Waals surface area contributed by atoms with Crippen molar-refractivity contribution < 1.29 is 4.79 Å². The topological polar surface area (TPSA) is 52.9 Å². The molecule has 1 aliphatic carbocycles. The van der Waals surface area contributed by atoms with Crippen molar-refractivity contribution in [2.24, 2.45) is 0 Å². The normalized spacial score (nSPS) is 21.4. The van der Waals surface area contributed by atoms with Gasteiger partial charge in [-0.2, -0.15) is 5.26 Å². The Morgan fingerprint density at radius 2 is 1.71 bits per heavy atom. The van der Waals surface area contributed by atoms with Crippen LogP contribution >= 0.6 is 0 Å². The van der Waals surface area contributed by atoms with E-state index in [2.05, 4.69) is 11.4 Å². The number of nitrogens with one attached hydrogen (secondary N) is 1. The zero-order chi connectivity index (χ0) is 10.4. The van der Waals surface area contributed by atoms with Gasteiger partial charge in [0.1, 0.15) is 5.54 Å². The molecule has 1 rings (SSSR count). The predicted molar refractivity (Wildman–Crippen MR) is 54.5 cm³/mol. The molecular weight excluding hydrogens is 176 g/mol. The minimum Gasteiger partial charge on any atom is -0.338 e. The van der Waals surface area contributed by atoms with Crippen LogP contribution in [0.15, 0.2) is 0 Å². The van der Waals surface area contributed by atoms with Crippen molar-refractivity contribution in [3.05, 3.63) is 0 Å². The SMILES string of the molecule is CC(=O)NC1(C#N)CCCCCCC1. The quantitative estimate of drug-likeness (QED) is 0.695. The van der Waals surface area contributed by atoms with Crippen molar-refractivity contribution in [2.75, 3.05) is 0 Å². The van der Waals surface area contributed by atoms with Crippen LogP contribution < -0.4 is 5.32 Å². The van der Waals surface area contributed by atoms with Crippen LogP contribution in [-0.2, 0) is 4.79 Å². The molecule has 78 valence electrons. The summed E-state index contributed by atoms with van der Waals surface area (Å²) < 4.78 is 0. The Balaban J connectivity index is 2.63. The maximum absolute atomic E-state index is 11.0. The Morgan fingerprint density at radius 1 is 1.21 bits per heavy atom. The van der Waals surface area contributed by atoms with Gasteiger partial charge in [-0.3, -0.25) is 4.79 Å². The van der Waals surface area contributed by atoms with Crippen molar-refractivity contribution in [1.82, 2.24) is 5.32 Å². The Labute approximate surface area is 85.5 Å². The first-order valence-electron chi connectivity index (χ1n) is 5.38. The van der Waals surface area contributed by atoms with Crippen molar-refractivity contribution in [1.29, 1.82) is 5.26 Å². The van der Waals surface area contributed by atoms with Gasteiger partial charge in [-0.15, -0.1) is 0 Å². The first kappa shape index (κ1) is 11.0. The molecule has 0 spiro atoms. The predicted octanol–water partition coefficient (Wildman–Crippen LogP) is 2.13. The fraction of sp³-hybridized carbons (Fsp3) is 0.818. The molecule has 0 heterocycles. The molecule has 3 nitrogen and oxygen atoms in total. The molecule has 0 aliphatic heterocycles. The number of carbonyl (C=O) groups is 1. The van der Waals surface area contributed by atoms with E-state index in [0.717, 1.165) is 25.7 Å². The summed E-state index contributed by atoms with van der Waals surface area (Å²) in [5.74, 6) is -0.0906. The molecule has 0 aromatic rings. The van der Waals surface area contributed by atoms with Gasteiger partial charge in [0.2, 0.25) is 5.91 Å². The van der Waals surface area contributed by atoms with Gasteiger partial charge in [0, 0.05) is 6.92 Å². The van der Waals surface area contributed by atoms with Crippen LogP contribution in [0.25, 0.3) is 0 Å². The van der Waals surface area contributed by atoms with E-state index in [1.165, 1.54) is 26.2 Å². The van der Waals surface area contributed by atoms with E-state index in [4.69, 9.17) is 5.26 Å². The lowest BCUT2D eigenvalue weighted by molar-refractivity contribution is -0.120. The van der Waals surface area contributed by atoms with Gasteiger partial charge >= 0.3 is 0 Å². The number of nitriles is 1. The van der Waals surface area contributed by atoms with E-state index in [0.29, 0.717) is 0 Å². The highest BCUT2D eigenvalue weighted by Gasteiger charge is 2.30. The van der Waals surface area contributed by atoms with Crippen molar-refractivity contribution in [2.45, 2.75) is 57.4 Å². The summed E-state index contributed by atoms with van der Waals surface area (Å²) in [6.45, 7) is 1.48. The summed E-state index contributed by atoms with van der Waals surface area (Å²) >= 11 is 0. The Kier molecular flexibility index (Phi) is 3.94. The molecule has 0 unspecified atom stereocenters. The molecule has 0 aromatic heterocycles. The Bertz CT molecular complexity index is 234. The highest BCUT2D eigenvalue weighted by Crippen LogP contribution is 2.25. The zero-order valence-corrected chi connectivity index (χ0v) is 8.81. The molecule has 3 heteroatoms. The summed E-state index contributed by atoms with van der Waals surface area (Å²) in [5.41, 5.74) is -0.577. The van der Waals surface area contributed by atoms with Gasteiger partial charge in [-0.1, -0.05) is 32.1 Å². The number of rotatable bonds is 1. The second-order valence-corrected chi connectivity index (χ2v) is 4.14. The maximum atomic E-state index is 11.0. The van der Waals surface area contributed by atoms with Crippen LogP contribution in [0.4, 0.5) is 0 Å². The maximum Gasteiger partial charge on any atom is 0.218 e. The average Bonchev–Trinajstić information content (AvgIpc) is 2.09. The number of amides is 1. The van der Waals surface area contributed by atoms with E-state index >= 15 is 0 Å². The summed E-state index contributed by atoms with van der Waals surface area (Å²) in [4.78, 5) is 11.0. The van der Waals surface area contributed by atoms with Crippen LogP contribution in [0.5, 0.6) is 0 Å². The third-order valence-electron chi connectivity index (χ3n) is 2.84. The molecule has 0 saturated heterocycles. The lowest BCUT2D eigenvalue weighted by Crippen LogP contribution is -2.46. The van der Waals surface area contributed by atoms with Gasteiger partial charge in [-0.25, -0.2) is 0 Å². The Hall–Kier alpha value is -1.04. The summed E-state index contributed by atoms with van der Waals surface area (Å²) in [5, 5.41) is 12.0. The highest BCUT2D eigenvalue weighted by atomic mass is 16.1. The van der Waals surface area contributed by atoms with E-state index < -0.39 is 5.54 Å². The van der Waals surface area contributed by atoms with Crippen LogP contribution in [-0.4, -0.2) is 11.4 Å². The minimum atomic E-state index is -0.577. The van der Waals surface area contributed by atoms with Crippen molar-refractivity contribution >= 4 is 5.91 Å². The number of nitrogens with zero attached hydrogens (tertiary/aromatic N) is 1. The standard InChI is InChI=1S/C11H18N2O/c1-10(14)13-11(9-12)7-5-3-2-4-6-8-11/h2-8H2,1H3,(H,13,14). The van der Waals surface area contributed by atoms with Gasteiger partial charge in [0.15, 0.2) is 0 Å². The van der Waals surface area contributed by atoms with Crippen molar-refractivity contribution in [3.63, 3.8) is 0 Å². The molecule has 1 aliphatic rings. The van der Waals surface area contributed by atoms with Crippen LogP contribution in [0.1, 0.15) is 51.9 Å². The number of hydrogen-bond donors (Lipinski definition) is 1. The van der Waals surface area contributed by atoms with Crippen LogP contribution in [0, 0.1) is 11.3 Å². The largest absolute Gasteiger partial charge is 0.338 e. The molecule has 1 fully saturated rings. The summed E-state index contributed by atoms with van der Waals surface area (Å²) in [6, 6.07) is 2.28. The molecule has 0 aromatic carbocycles. The molecule has 0 atom stereocenters. The van der Waals surface area contributed by atoms with E-state index in [9.17, 15) is 4.79 Å². The van der Waals surface area contributed by atoms with Gasteiger partial charge in [0.25, 0.3) is 0 Å². The second-order valence-electron chi connectivity index (χ2n) is 4.14. The van der Waals surface area contributed by atoms with E-state index in [1.54, 1.807) is 0 Å². The average molecular weight is 194 g/mol. The van der Waals surface area contributed by atoms with E-state index in [1.807, 2.05) is 0 Å². The third kappa shape index (κ3) is 3.02. The monoisotopic (exact) mass is 194 g/mol. The molecule has 14 heavy (non-hydrogen) atoms. The van der Waals surface area contributed by atoms with Gasteiger partial charge < -0.3 is 5.32 Å². The van der Waals surface area contributed by atoms with Gasteiger partial charge in [-0.05, 0) is 12.8 Å². The third-order valence-corrected chi connectivity index (χ3v) is 2.84. The van der Waals surface area contributed by atoms with Crippen molar-refractivity contribution in [3.8, 4) is 6.07 Å². The first-order chi connectivity index (χ1) is 6.68. The summed E-state index contributed by atoms with van der Waals surface area (Å²) in [6.07, 6.45) is 7.35. The fourth-order valence-corrected chi connectivity index (χ4v) is 2.11. The fourth-order valence-electron chi connectivity index (χ4n) is 2.11. The van der Waals surface area contributed by atoms with Crippen LogP contribution in [0.2, 0.25) is 0 Å². The lowest BCUT2D eigenvalue weighted by Gasteiger charge is -2.29. The van der Waals surface area contributed by atoms with Gasteiger partial charge in [0.05, 0.1) is 6.07 Å². The second kappa shape index (κ2) is 4.99. The molecule has 1 amide bonds. The molecule has 0 radical (unpaired) electrons. The number of carbonyl (C=O) groups excluding carboxylic acids is 1. The van der Waals surface area contributed by atoms with Crippen LogP contribution in [0.3, 0.4) is 0 Å². The molecule has 0 bridgehead atoms. The first-order valence-corrected chi connectivity index (χ1v) is 5.38. The highest BCUT2D eigenvalue weighted by molar-refractivity contribution is 5.74. The lowest BCUT2D eigenvalue weighted by atomic mass is 9.85. The Morgan fingerprint density at radius 3 is 2.14 bits per heavy atom. The zero-order valence-electron chi connectivity index (χ0n) is 8.81. The number of hydrogen-bond acceptors (Lipinski definition) is 2. The molecule has 1 saturated carbocycles. The minimum absolute atomic E-state index is 0.0906. The van der Waals surface area contributed by atoms with E-state index in [-0.39, 0.29) is 5.91 Å².